The minimum atomic E-state index is -0.172. The summed E-state index contributed by atoms with van der Waals surface area (Å²) in [5.74, 6) is -0.186. The zero-order valence-corrected chi connectivity index (χ0v) is 12.1. The lowest BCUT2D eigenvalue weighted by Crippen LogP contribution is -2.36. The Labute approximate surface area is 119 Å². The molecule has 0 aliphatic heterocycles. The van der Waals surface area contributed by atoms with E-state index in [2.05, 4.69) is 29.2 Å². The Morgan fingerprint density at radius 3 is 2.70 bits per heavy atom. The van der Waals surface area contributed by atoms with Gasteiger partial charge in [0.2, 0.25) is 0 Å². The fourth-order valence-corrected chi connectivity index (χ4v) is 1.58. The first-order valence-corrected chi connectivity index (χ1v) is 6.52. The predicted octanol–water partition coefficient (Wildman–Crippen LogP) is 0.851. The first-order chi connectivity index (χ1) is 9.45. The third-order valence-electron chi connectivity index (χ3n) is 3.16. The number of amidine groups is 1. The molecule has 0 atom stereocenters. The molecule has 0 bridgehead atoms. The molecule has 0 aliphatic carbocycles. The maximum absolute atomic E-state index is 12.0. The summed E-state index contributed by atoms with van der Waals surface area (Å²) in [5, 5.41) is 14.4. The summed E-state index contributed by atoms with van der Waals surface area (Å²) in [7, 11) is 2.01. The monoisotopic (exact) mass is 278 g/mol. The molecule has 1 aromatic rings. The second-order valence-corrected chi connectivity index (χ2v) is 4.90. The van der Waals surface area contributed by atoms with Crippen molar-refractivity contribution in [3.05, 3.63) is 35.4 Å². The van der Waals surface area contributed by atoms with Gasteiger partial charge in [0, 0.05) is 30.3 Å². The van der Waals surface area contributed by atoms with E-state index in [4.69, 9.17) is 10.9 Å². The predicted molar refractivity (Wildman–Crippen MR) is 79.1 cm³/mol. The van der Waals surface area contributed by atoms with E-state index in [-0.39, 0.29) is 11.7 Å². The fourth-order valence-electron chi connectivity index (χ4n) is 1.58. The van der Waals surface area contributed by atoms with E-state index in [0.717, 1.165) is 6.54 Å². The van der Waals surface area contributed by atoms with Crippen LogP contribution in [0.4, 0.5) is 0 Å². The molecule has 0 unspecified atom stereocenters. The number of carbonyl (C=O) groups excluding carboxylic acids is 1. The number of nitrogens with zero attached hydrogens (tertiary/aromatic N) is 2. The molecular formula is C14H22N4O2. The summed E-state index contributed by atoms with van der Waals surface area (Å²) in [6, 6.07) is 7.10. The maximum Gasteiger partial charge on any atom is 0.251 e. The Morgan fingerprint density at radius 2 is 2.10 bits per heavy atom. The lowest BCUT2D eigenvalue weighted by molar-refractivity contribution is 0.0948. The Hall–Kier alpha value is -2.08. The van der Waals surface area contributed by atoms with Gasteiger partial charge < -0.3 is 21.2 Å². The Balaban J connectivity index is 2.60. The second kappa shape index (κ2) is 7.49. The molecular weight excluding hydrogens is 256 g/mol. The van der Waals surface area contributed by atoms with Crippen LogP contribution in [0.1, 0.15) is 29.8 Å². The minimum absolute atomic E-state index is 0.0146. The molecule has 1 aromatic carbocycles. The largest absolute Gasteiger partial charge is 0.409 e. The summed E-state index contributed by atoms with van der Waals surface area (Å²) >= 11 is 0. The first-order valence-electron chi connectivity index (χ1n) is 6.52. The molecule has 1 rings (SSSR count). The number of carbonyl (C=O) groups is 1. The molecule has 4 N–H and O–H groups in total. The smallest absolute Gasteiger partial charge is 0.251 e. The topological polar surface area (TPSA) is 91.0 Å². The van der Waals surface area contributed by atoms with Crippen molar-refractivity contribution in [1.29, 1.82) is 0 Å². The molecule has 0 radical (unpaired) electrons. The SMILES string of the molecule is CC(C)N(C)CCNC(=O)c1cccc(C(N)=NO)c1. The van der Waals surface area contributed by atoms with Gasteiger partial charge in [0.05, 0.1) is 0 Å². The van der Waals surface area contributed by atoms with Crippen molar-refractivity contribution in [2.45, 2.75) is 19.9 Å². The average Bonchev–Trinajstić information content (AvgIpc) is 2.46. The van der Waals surface area contributed by atoms with Crippen LogP contribution in [0.5, 0.6) is 0 Å². The standard InChI is InChI=1S/C14H22N4O2/c1-10(2)18(3)8-7-16-14(19)12-6-4-5-11(9-12)13(15)17-20/h4-6,9-10,20H,7-8H2,1-3H3,(H2,15,17)(H,16,19). The number of rotatable bonds is 6. The van der Waals surface area contributed by atoms with E-state index in [1.165, 1.54) is 0 Å². The highest BCUT2D eigenvalue weighted by Gasteiger charge is 2.08. The molecule has 0 spiro atoms. The van der Waals surface area contributed by atoms with Crippen molar-refractivity contribution in [3.8, 4) is 0 Å². The molecule has 6 nitrogen and oxygen atoms in total. The third-order valence-corrected chi connectivity index (χ3v) is 3.16. The molecule has 0 saturated carbocycles. The number of nitrogens with two attached hydrogens (primary N) is 1. The van der Waals surface area contributed by atoms with Crippen LogP contribution in [-0.4, -0.2) is 48.0 Å². The van der Waals surface area contributed by atoms with Gasteiger partial charge >= 0.3 is 0 Å². The van der Waals surface area contributed by atoms with Gasteiger partial charge in [-0.25, -0.2) is 0 Å². The summed E-state index contributed by atoms with van der Waals surface area (Å²) in [6.07, 6.45) is 0. The summed E-state index contributed by atoms with van der Waals surface area (Å²) in [4.78, 5) is 14.1. The molecule has 20 heavy (non-hydrogen) atoms. The number of hydrogen-bond donors (Lipinski definition) is 3. The van der Waals surface area contributed by atoms with Crippen molar-refractivity contribution in [2.24, 2.45) is 10.9 Å². The average molecular weight is 278 g/mol. The van der Waals surface area contributed by atoms with Crippen LogP contribution in [0, 0.1) is 0 Å². The molecule has 110 valence electrons. The third kappa shape index (κ3) is 4.55. The lowest BCUT2D eigenvalue weighted by atomic mass is 10.1. The zero-order valence-electron chi connectivity index (χ0n) is 12.1. The number of nitrogens with one attached hydrogen (secondary N) is 1. The number of likely N-dealkylation sites (N-methyl/N-ethyl adjacent to an activating group) is 1. The molecule has 0 aliphatic rings. The van der Waals surface area contributed by atoms with Crippen LogP contribution < -0.4 is 11.1 Å². The highest BCUT2D eigenvalue weighted by atomic mass is 16.4. The molecule has 6 heteroatoms. The van der Waals surface area contributed by atoms with Gasteiger partial charge in [0.25, 0.3) is 5.91 Å². The van der Waals surface area contributed by atoms with Crippen molar-refractivity contribution < 1.29 is 10.0 Å². The number of benzene rings is 1. The van der Waals surface area contributed by atoms with E-state index < -0.39 is 0 Å². The van der Waals surface area contributed by atoms with Gasteiger partial charge in [-0.05, 0) is 33.0 Å². The normalized spacial score (nSPS) is 11.9. The Kier molecular flexibility index (Phi) is 5.99. The number of hydrogen-bond acceptors (Lipinski definition) is 4. The molecule has 0 saturated heterocycles. The molecule has 0 fully saturated rings. The van der Waals surface area contributed by atoms with Crippen LogP contribution in [0.15, 0.2) is 29.4 Å². The van der Waals surface area contributed by atoms with E-state index in [1.807, 2.05) is 7.05 Å². The molecule has 0 heterocycles. The van der Waals surface area contributed by atoms with Crippen molar-refractivity contribution >= 4 is 11.7 Å². The highest BCUT2D eigenvalue weighted by Crippen LogP contribution is 2.05. The zero-order chi connectivity index (χ0) is 15.1. The van der Waals surface area contributed by atoms with Crippen LogP contribution in [-0.2, 0) is 0 Å². The summed E-state index contributed by atoms with van der Waals surface area (Å²) < 4.78 is 0. The van der Waals surface area contributed by atoms with Gasteiger partial charge in [-0.2, -0.15) is 0 Å². The highest BCUT2D eigenvalue weighted by molar-refractivity contribution is 6.01. The van der Waals surface area contributed by atoms with Gasteiger partial charge in [-0.1, -0.05) is 17.3 Å². The Bertz CT molecular complexity index is 486. The molecule has 0 aromatic heterocycles. The Morgan fingerprint density at radius 1 is 1.45 bits per heavy atom. The van der Waals surface area contributed by atoms with Crippen molar-refractivity contribution in [1.82, 2.24) is 10.2 Å². The van der Waals surface area contributed by atoms with Gasteiger partial charge in [-0.15, -0.1) is 0 Å². The summed E-state index contributed by atoms with van der Waals surface area (Å²) in [6.45, 7) is 5.55. The summed E-state index contributed by atoms with van der Waals surface area (Å²) in [5.41, 5.74) is 6.50. The van der Waals surface area contributed by atoms with Crippen LogP contribution in [0.2, 0.25) is 0 Å². The minimum Gasteiger partial charge on any atom is -0.409 e. The van der Waals surface area contributed by atoms with Crippen LogP contribution in [0.3, 0.4) is 0 Å². The van der Waals surface area contributed by atoms with E-state index >= 15 is 0 Å². The van der Waals surface area contributed by atoms with Crippen LogP contribution >= 0.6 is 0 Å². The van der Waals surface area contributed by atoms with Crippen molar-refractivity contribution in [2.75, 3.05) is 20.1 Å². The second-order valence-electron chi connectivity index (χ2n) is 4.90. The molecule has 1 amide bonds. The van der Waals surface area contributed by atoms with Crippen molar-refractivity contribution in [3.63, 3.8) is 0 Å². The quantitative estimate of drug-likeness (QED) is 0.311. The first kappa shape index (κ1) is 16.0. The van der Waals surface area contributed by atoms with Gasteiger partial charge in [0.15, 0.2) is 5.84 Å². The maximum atomic E-state index is 12.0. The van der Waals surface area contributed by atoms with E-state index in [1.54, 1.807) is 24.3 Å². The van der Waals surface area contributed by atoms with Gasteiger partial charge in [0.1, 0.15) is 0 Å². The number of oxime groups is 1. The number of amides is 1. The van der Waals surface area contributed by atoms with E-state index in [0.29, 0.717) is 23.7 Å². The fraction of sp³-hybridized carbons (Fsp3) is 0.429. The van der Waals surface area contributed by atoms with Gasteiger partial charge in [-0.3, -0.25) is 4.79 Å². The van der Waals surface area contributed by atoms with E-state index in [9.17, 15) is 4.79 Å². The lowest BCUT2D eigenvalue weighted by Gasteiger charge is -2.20. The van der Waals surface area contributed by atoms with Crippen LogP contribution in [0.25, 0.3) is 0 Å².